The van der Waals surface area contributed by atoms with Crippen molar-refractivity contribution < 1.29 is 28.7 Å². The van der Waals surface area contributed by atoms with Crippen molar-refractivity contribution in [2.45, 2.75) is 70.7 Å². The van der Waals surface area contributed by atoms with E-state index >= 15 is 0 Å². The van der Waals surface area contributed by atoms with Crippen LogP contribution in [0.4, 0.5) is 4.79 Å². The average Bonchev–Trinajstić information content (AvgIpc) is 3.09. The Balaban J connectivity index is 1.37. The van der Waals surface area contributed by atoms with Crippen molar-refractivity contribution in [3.05, 3.63) is 101 Å². The number of fused-ring (bicyclic) bond motifs is 4. The fourth-order valence-electron chi connectivity index (χ4n) is 6.02. The Kier molecular flexibility index (Phi) is 11.9. The van der Waals surface area contributed by atoms with Crippen molar-refractivity contribution in [2.24, 2.45) is 5.92 Å². The Bertz CT molecular complexity index is 1520. The van der Waals surface area contributed by atoms with E-state index in [2.05, 4.69) is 16.0 Å². The molecule has 0 saturated carbocycles. The molecule has 2 heterocycles. The van der Waals surface area contributed by atoms with Gasteiger partial charge in [-0.2, -0.15) is 0 Å². The fourth-order valence-corrected chi connectivity index (χ4v) is 6.02. The first kappa shape index (κ1) is 33.5. The van der Waals surface area contributed by atoms with E-state index < -0.39 is 24.1 Å². The van der Waals surface area contributed by atoms with E-state index in [9.17, 15) is 19.2 Å². The molecule has 5 rings (SSSR count). The number of carbonyl (C=O) groups is 4. The third-order valence-corrected chi connectivity index (χ3v) is 8.84. The molecule has 3 aromatic rings. The summed E-state index contributed by atoms with van der Waals surface area (Å²) in [5.41, 5.74) is 3.73. The lowest BCUT2D eigenvalue weighted by Crippen LogP contribution is -2.55. The molecule has 2 aliphatic rings. The fraction of sp³-hybridized carbons (Fsp3) is 0.405. The van der Waals surface area contributed by atoms with Crippen LogP contribution in [-0.4, -0.2) is 60.5 Å². The summed E-state index contributed by atoms with van der Waals surface area (Å²) in [6.07, 6.45) is 2.38. The minimum absolute atomic E-state index is 0.00750. The molecule has 10 nitrogen and oxygen atoms in total. The lowest BCUT2D eigenvalue weighted by Gasteiger charge is -2.34. The van der Waals surface area contributed by atoms with E-state index in [1.165, 1.54) is 0 Å². The molecule has 4 amide bonds. The SMILES string of the molecule is Cc1ccc2cc1CNC(=O)[C@@H](CCc1ccccc1)NC(=O)[C@@H](NC(=O)OCc1ccccc1)CC(=O)N1CCC[C@H](CCO2)C1. The highest BCUT2D eigenvalue weighted by Crippen LogP contribution is 2.23. The first-order valence-corrected chi connectivity index (χ1v) is 16.4. The Morgan fingerprint density at radius 2 is 1.70 bits per heavy atom. The molecular formula is C37H44N4O6. The quantitative estimate of drug-likeness (QED) is 0.366. The van der Waals surface area contributed by atoms with Crippen LogP contribution in [0.3, 0.4) is 0 Å². The summed E-state index contributed by atoms with van der Waals surface area (Å²) >= 11 is 0. The molecule has 4 bridgehead atoms. The van der Waals surface area contributed by atoms with Crippen molar-refractivity contribution in [3.8, 4) is 5.75 Å². The predicted molar refractivity (Wildman–Crippen MR) is 177 cm³/mol. The molecule has 0 aliphatic carbocycles. The highest BCUT2D eigenvalue weighted by molar-refractivity contribution is 5.94. The van der Waals surface area contributed by atoms with Crippen LogP contribution in [0, 0.1) is 12.8 Å². The van der Waals surface area contributed by atoms with Gasteiger partial charge in [-0.15, -0.1) is 0 Å². The normalized spacial score (nSPS) is 20.9. The monoisotopic (exact) mass is 640 g/mol. The van der Waals surface area contributed by atoms with E-state index in [4.69, 9.17) is 9.47 Å². The molecule has 1 saturated heterocycles. The van der Waals surface area contributed by atoms with E-state index in [-0.39, 0.29) is 37.3 Å². The van der Waals surface area contributed by atoms with Gasteiger partial charge >= 0.3 is 6.09 Å². The predicted octanol–water partition coefficient (Wildman–Crippen LogP) is 4.44. The maximum absolute atomic E-state index is 13.9. The van der Waals surface area contributed by atoms with Gasteiger partial charge in [0, 0.05) is 19.6 Å². The van der Waals surface area contributed by atoms with Crippen molar-refractivity contribution in [2.75, 3.05) is 19.7 Å². The van der Waals surface area contributed by atoms with Gasteiger partial charge in [0.05, 0.1) is 13.0 Å². The molecule has 0 unspecified atom stereocenters. The second-order valence-electron chi connectivity index (χ2n) is 12.3. The van der Waals surface area contributed by atoms with E-state index in [0.29, 0.717) is 32.5 Å². The Hall–Kier alpha value is -4.86. The number of hydrogen-bond acceptors (Lipinski definition) is 6. The van der Waals surface area contributed by atoms with Crippen LogP contribution in [0.2, 0.25) is 0 Å². The van der Waals surface area contributed by atoms with Crippen LogP contribution in [0.15, 0.2) is 78.9 Å². The first-order valence-electron chi connectivity index (χ1n) is 16.4. The number of alkyl carbamates (subject to hydrolysis) is 1. The third-order valence-electron chi connectivity index (χ3n) is 8.84. The summed E-state index contributed by atoms with van der Waals surface area (Å²) in [6, 6.07) is 22.6. The highest BCUT2D eigenvalue weighted by Gasteiger charge is 2.32. The van der Waals surface area contributed by atoms with Gasteiger partial charge in [-0.05, 0) is 79.3 Å². The summed E-state index contributed by atoms with van der Waals surface area (Å²) in [6.45, 7) is 3.87. The van der Waals surface area contributed by atoms with Crippen LogP contribution >= 0.6 is 0 Å². The Labute approximate surface area is 276 Å². The van der Waals surface area contributed by atoms with Crippen molar-refractivity contribution in [1.82, 2.24) is 20.9 Å². The maximum Gasteiger partial charge on any atom is 0.408 e. The molecular weight excluding hydrogens is 596 g/mol. The maximum atomic E-state index is 13.9. The molecule has 3 atom stereocenters. The smallest absolute Gasteiger partial charge is 0.408 e. The molecule has 0 aromatic heterocycles. The number of benzene rings is 3. The third kappa shape index (κ3) is 10.1. The van der Waals surface area contributed by atoms with E-state index in [1.54, 1.807) is 4.90 Å². The molecule has 3 N–H and O–H groups in total. The topological polar surface area (TPSA) is 126 Å². The largest absolute Gasteiger partial charge is 0.494 e. The lowest BCUT2D eigenvalue weighted by molar-refractivity contribution is -0.137. The number of piperidine rings is 1. The first-order chi connectivity index (χ1) is 22.8. The van der Waals surface area contributed by atoms with Crippen molar-refractivity contribution in [1.29, 1.82) is 0 Å². The van der Waals surface area contributed by atoms with Gasteiger partial charge in [0.2, 0.25) is 17.7 Å². The molecule has 2 aliphatic heterocycles. The number of carbonyl (C=O) groups excluding carboxylic acids is 4. The highest BCUT2D eigenvalue weighted by atomic mass is 16.5. The molecule has 10 heteroatoms. The standard InChI is InChI=1S/C37H44N4O6/c1-26-14-16-31-21-30(26)23-38-35(43)32(17-15-27-9-4-2-5-10-27)39-36(44)33(40-37(45)47-25-29-11-6-3-7-12-29)22-34(42)41-19-8-13-28(24-41)18-20-46-31/h2-7,9-12,14,16,21,28,32-33H,8,13,15,17-20,22-25H2,1H3,(H,38,43)(H,39,44)(H,40,45)/t28-,32-,33+/m1/s1. The van der Waals surface area contributed by atoms with Gasteiger partial charge in [0.15, 0.2) is 0 Å². The molecule has 0 spiro atoms. The molecule has 0 radical (unpaired) electrons. The average molecular weight is 641 g/mol. The summed E-state index contributed by atoms with van der Waals surface area (Å²) < 4.78 is 11.5. The summed E-state index contributed by atoms with van der Waals surface area (Å²) in [4.78, 5) is 55.8. The summed E-state index contributed by atoms with van der Waals surface area (Å²) in [7, 11) is 0. The number of ether oxygens (including phenoxy) is 2. The van der Waals surface area contributed by atoms with Gasteiger partial charge in [-0.1, -0.05) is 66.7 Å². The van der Waals surface area contributed by atoms with E-state index in [1.807, 2.05) is 85.8 Å². The second kappa shape index (κ2) is 16.6. The van der Waals surface area contributed by atoms with Crippen molar-refractivity contribution >= 4 is 23.8 Å². The molecule has 248 valence electrons. The number of aryl methyl sites for hydroxylation is 2. The number of rotatable bonds is 6. The molecule has 47 heavy (non-hydrogen) atoms. The summed E-state index contributed by atoms with van der Waals surface area (Å²) in [5, 5.41) is 8.45. The number of amides is 4. The van der Waals surface area contributed by atoms with Gasteiger partial charge in [-0.3, -0.25) is 14.4 Å². The summed E-state index contributed by atoms with van der Waals surface area (Å²) in [5.74, 6) is -0.240. The van der Waals surface area contributed by atoms with Crippen LogP contribution in [0.1, 0.15) is 54.4 Å². The number of nitrogens with zero attached hydrogens (tertiary/aromatic N) is 1. The van der Waals surface area contributed by atoms with Gasteiger partial charge in [-0.25, -0.2) is 4.79 Å². The van der Waals surface area contributed by atoms with Crippen molar-refractivity contribution in [3.63, 3.8) is 0 Å². The number of hydrogen-bond donors (Lipinski definition) is 3. The zero-order valence-electron chi connectivity index (χ0n) is 26.9. The minimum atomic E-state index is -1.24. The van der Waals surface area contributed by atoms with E-state index in [0.717, 1.165) is 47.3 Å². The van der Waals surface area contributed by atoms with Gasteiger partial charge in [0.1, 0.15) is 24.4 Å². The zero-order chi connectivity index (χ0) is 33.0. The van der Waals surface area contributed by atoms with Crippen LogP contribution in [0.5, 0.6) is 5.75 Å². The minimum Gasteiger partial charge on any atom is -0.494 e. The Morgan fingerprint density at radius 3 is 2.47 bits per heavy atom. The second-order valence-corrected chi connectivity index (χ2v) is 12.3. The molecule has 3 aromatic carbocycles. The Morgan fingerprint density at radius 1 is 0.957 bits per heavy atom. The van der Waals surface area contributed by atoms with Crippen LogP contribution < -0.4 is 20.7 Å². The van der Waals surface area contributed by atoms with Crippen LogP contribution in [-0.2, 0) is 38.7 Å². The van der Waals surface area contributed by atoms with Crippen LogP contribution in [0.25, 0.3) is 0 Å². The lowest BCUT2D eigenvalue weighted by atomic mass is 9.94. The number of nitrogens with one attached hydrogen (secondary N) is 3. The van der Waals surface area contributed by atoms with Gasteiger partial charge < -0.3 is 30.3 Å². The zero-order valence-corrected chi connectivity index (χ0v) is 26.9. The van der Waals surface area contributed by atoms with Gasteiger partial charge in [0.25, 0.3) is 0 Å². The molecule has 1 fully saturated rings.